The van der Waals surface area contributed by atoms with Crippen molar-refractivity contribution in [1.29, 1.82) is 0 Å². The molecule has 1 spiro atoms. The van der Waals surface area contributed by atoms with E-state index in [9.17, 15) is 9.59 Å². The van der Waals surface area contributed by atoms with Gasteiger partial charge < -0.3 is 15.0 Å². The van der Waals surface area contributed by atoms with Gasteiger partial charge in [0.15, 0.2) is 0 Å². The molecule has 0 saturated carbocycles. The Balaban J connectivity index is 1.31. The number of aromatic nitrogens is 4. The number of likely N-dealkylation sites (tertiary alicyclic amines) is 1. The molecule has 2 fully saturated rings. The highest BCUT2D eigenvalue weighted by atomic mass is 16.6. The maximum Gasteiger partial charge on any atom is 0.407 e. The molecule has 1 aromatic heterocycles. The predicted octanol–water partition coefficient (Wildman–Crippen LogP) is 1.22. The first-order valence-corrected chi connectivity index (χ1v) is 9.21. The molecule has 1 N–H and O–H groups in total. The van der Waals surface area contributed by atoms with Crippen molar-refractivity contribution in [2.45, 2.75) is 37.8 Å². The molecule has 2 aromatic rings. The molecule has 142 valence electrons. The van der Waals surface area contributed by atoms with E-state index in [-0.39, 0.29) is 12.0 Å². The van der Waals surface area contributed by atoms with E-state index < -0.39 is 5.60 Å². The lowest BCUT2D eigenvalue weighted by Gasteiger charge is -2.25. The smallest absolute Gasteiger partial charge is 0.407 e. The molecule has 1 atom stereocenters. The van der Waals surface area contributed by atoms with Crippen LogP contribution in [0.15, 0.2) is 30.3 Å². The van der Waals surface area contributed by atoms with E-state index in [4.69, 9.17) is 4.74 Å². The Morgan fingerprint density at radius 1 is 1.22 bits per heavy atom. The number of amides is 2. The fraction of sp³-hybridized carbons (Fsp3) is 0.500. The average Bonchev–Trinajstić information content (AvgIpc) is 3.24. The van der Waals surface area contributed by atoms with Crippen molar-refractivity contribution in [3.05, 3.63) is 30.3 Å². The third-order valence-electron chi connectivity index (χ3n) is 5.13. The third-order valence-corrected chi connectivity index (χ3v) is 5.13. The Labute approximate surface area is 156 Å². The summed E-state index contributed by atoms with van der Waals surface area (Å²) in [4.78, 5) is 27.3. The van der Waals surface area contributed by atoms with Crippen molar-refractivity contribution >= 4 is 12.0 Å². The van der Waals surface area contributed by atoms with Crippen LogP contribution in [0.25, 0.3) is 11.4 Å². The van der Waals surface area contributed by atoms with Crippen LogP contribution >= 0.6 is 0 Å². The number of alkyl carbamates (subject to hydrolysis) is 1. The van der Waals surface area contributed by atoms with Crippen LogP contribution in [-0.4, -0.2) is 62.3 Å². The number of nitrogens with zero attached hydrogens (tertiary/aromatic N) is 5. The van der Waals surface area contributed by atoms with Gasteiger partial charge in [-0.3, -0.25) is 4.79 Å². The van der Waals surface area contributed by atoms with Gasteiger partial charge in [0.2, 0.25) is 11.7 Å². The van der Waals surface area contributed by atoms with Crippen LogP contribution in [0.3, 0.4) is 0 Å². The number of hydrogen-bond acceptors (Lipinski definition) is 6. The molecule has 2 saturated heterocycles. The van der Waals surface area contributed by atoms with Crippen LogP contribution in [0.4, 0.5) is 4.79 Å². The minimum Gasteiger partial charge on any atom is -0.441 e. The maximum atomic E-state index is 12.6. The zero-order valence-electron chi connectivity index (χ0n) is 15.0. The Morgan fingerprint density at radius 3 is 2.85 bits per heavy atom. The number of rotatable bonds is 4. The molecule has 2 aliphatic heterocycles. The first kappa shape index (κ1) is 17.4. The van der Waals surface area contributed by atoms with Gasteiger partial charge >= 0.3 is 6.09 Å². The maximum absolute atomic E-state index is 12.6. The third kappa shape index (κ3) is 3.91. The molecule has 0 bridgehead atoms. The van der Waals surface area contributed by atoms with Crippen molar-refractivity contribution in [3.8, 4) is 11.4 Å². The van der Waals surface area contributed by atoms with Crippen molar-refractivity contribution in [2.24, 2.45) is 0 Å². The molecule has 2 amide bonds. The van der Waals surface area contributed by atoms with E-state index in [1.54, 1.807) is 0 Å². The van der Waals surface area contributed by atoms with Gasteiger partial charge in [-0.25, -0.2) is 4.79 Å². The zero-order valence-corrected chi connectivity index (χ0v) is 15.0. The Kier molecular flexibility index (Phi) is 4.74. The number of nitrogens with one attached hydrogen (secondary N) is 1. The number of aryl methyl sites for hydroxylation is 1. The highest BCUT2D eigenvalue weighted by Gasteiger charge is 2.41. The lowest BCUT2D eigenvalue weighted by molar-refractivity contribution is -0.131. The fourth-order valence-electron chi connectivity index (χ4n) is 3.59. The lowest BCUT2D eigenvalue weighted by atomic mass is 9.95. The summed E-state index contributed by atoms with van der Waals surface area (Å²) in [6, 6.07) is 9.61. The molecule has 9 heteroatoms. The summed E-state index contributed by atoms with van der Waals surface area (Å²) in [6.45, 7) is 2.18. The molecule has 1 aromatic carbocycles. The summed E-state index contributed by atoms with van der Waals surface area (Å²) in [5.74, 6) is 0.609. The molecule has 3 heterocycles. The highest BCUT2D eigenvalue weighted by Crippen LogP contribution is 2.29. The predicted molar refractivity (Wildman–Crippen MR) is 95.5 cm³/mol. The van der Waals surface area contributed by atoms with Crippen LogP contribution in [0.2, 0.25) is 0 Å². The van der Waals surface area contributed by atoms with Crippen molar-refractivity contribution in [2.75, 3.05) is 19.6 Å². The average molecular weight is 370 g/mol. The van der Waals surface area contributed by atoms with E-state index in [1.807, 2.05) is 35.2 Å². The Bertz CT molecular complexity index is 824. The normalized spacial score (nSPS) is 22.4. The van der Waals surface area contributed by atoms with Gasteiger partial charge in [-0.2, -0.15) is 4.80 Å². The number of benzene rings is 1. The van der Waals surface area contributed by atoms with Gasteiger partial charge in [-0.15, -0.1) is 10.2 Å². The summed E-state index contributed by atoms with van der Waals surface area (Å²) in [7, 11) is 0. The van der Waals surface area contributed by atoms with Crippen LogP contribution in [0, 0.1) is 0 Å². The Morgan fingerprint density at radius 2 is 2.07 bits per heavy atom. The second kappa shape index (κ2) is 7.34. The van der Waals surface area contributed by atoms with Crippen LogP contribution in [-0.2, 0) is 16.1 Å². The van der Waals surface area contributed by atoms with Crippen molar-refractivity contribution < 1.29 is 14.3 Å². The second-order valence-electron chi connectivity index (χ2n) is 6.99. The Hall–Kier alpha value is -2.97. The monoisotopic (exact) mass is 370 g/mol. The molecule has 27 heavy (non-hydrogen) atoms. The molecule has 0 radical (unpaired) electrons. The van der Waals surface area contributed by atoms with Crippen molar-refractivity contribution in [3.63, 3.8) is 0 Å². The van der Waals surface area contributed by atoms with E-state index in [0.717, 1.165) is 18.4 Å². The summed E-state index contributed by atoms with van der Waals surface area (Å²) in [5.41, 5.74) is 0.442. The molecule has 9 nitrogen and oxygen atoms in total. The fourth-order valence-corrected chi connectivity index (χ4v) is 3.59. The minimum absolute atomic E-state index is 0.0582. The second-order valence-corrected chi connectivity index (χ2v) is 6.99. The lowest BCUT2D eigenvalue weighted by Crippen LogP contribution is -2.36. The number of hydrogen-bond donors (Lipinski definition) is 1. The molecule has 0 aliphatic carbocycles. The van der Waals surface area contributed by atoms with Gasteiger partial charge in [0.05, 0.1) is 13.1 Å². The number of ether oxygens (including phenoxy) is 1. The topological polar surface area (TPSA) is 102 Å². The molecular weight excluding hydrogens is 348 g/mol. The number of carbonyl (C=O) groups excluding carboxylic acids is 2. The first-order chi connectivity index (χ1) is 13.1. The SMILES string of the molecule is O=C1NC[C@@]2(CCCN(C(=O)CCn3nnc(-c4ccccc4)n3)CC2)O1. The van der Waals surface area contributed by atoms with E-state index in [2.05, 4.69) is 20.7 Å². The molecule has 4 rings (SSSR count). The number of carbonyl (C=O) groups is 2. The van der Waals surface area contributed by atoms with E-state index in [1.165, 1.54) is 4.80 Å². The highest BCUT2D eigenvalue weighted by molar-refractivity contribution is 5.76. The molecule has 0 unspecified atom stereocenters. The molecule has 2 aliphatic rings. The number of tetrazole rings is 1. The van der Waals surface area contributed by atoms with Gasteiger partial charge in [-0.1, -0.05) is 30.3 Å². The summed E-state index contributed by atoms with van der Waals surface area (Å²) < 4.78 is 5.45. The standard InChI is InChI=1S/C18H22N6O3/c25-15(23-10-4-8-18(9-12-23)13-19-17(26)27-18)7-11-24-21-16(20-22-24)14-5-2-1-3-6-14/h1-3,5-6H,4,7-13H2,(H,19,26)/t18-/m0/s1. The minimum atomic E-state index is -0.454. The van der Waals surface area contributed by atoms with E-state index >= 15 is 0 Å². The summed E-state index contributed by atoms with van der Waals surface area (Å²) >= 11 is 0. The van der Waals surface area contributed by atoms with E-state index in [0.29, 0.717) is 44.8 Å². The van der Waals surface area contributed by atoms with Gasteiger partial charge in [0.25, 0.3) is 0 Å². The van der Waals surface area contributed by atoms with Crippen LogP contribution in [0.5, 0.6) is 0 Å². The summed E-state index contributed by atoms with van der Waals surface area (Å²) in [6.07, 6.45) is 2.22. The van der Waals surface area contributed by atoms with Crippen LogP contribution < -0.4 is 5.32 Å². The van der Waals surface area contributed by atoms with Gasteiger partial charge in [0.1, 0.15) is 5.60 Å². The first-order valence-electron chi connectivity index (χ1n) is 9.21. The summed E-state index contributed by atoms with van der Waals surface area (Å²) in [5, 5.41) is 15.1. The largest absolute Gasteiger partial charge is 0.441 e. The van der Waals surface area contributed by atoms with Gasteiger partial charge in [-0.05, 0) is 18.1 Å². The van der Waals surface area contributed by atoms with Crippen molar-refractivity contribution in [1.82, 2.24) is 30.4 Å². The quantitative estimate of drug-likeness (QED) is 0.868. The van der Waals surface area contributed by atoms with Crippen LogP contribution in [0.1, 0.15) is 25.7 Å². The van der Waals surface area contributed by atoms with Gasteiger partial charge in [0, 0.05) is 31.5 Å². The zero-order chi connectivity index (χ0) is 18.7. The molecular formula is C18H22N6O3.